The number of carbonyl (C=O) groups is 1. The normalized spacial score (nSPS) is 20.9. The van der Waals surface area contributed by atoms with Crippen LogP contribution < -0.4 is 11.3 Å². The molecule has 0 aromatic carbocycles. The van der Waals surface area contributed by atoms with Gasteiger partial charge in [0, 0.05) is 18.5 Å². The molecule has 0 bridgehead atoms. The highest BCUT2D eigenvalue weighted by Crippen LogP contribution is 2.33. The number of nitrogen functional groups attached to an aromatic ring is 1. The van der Waals surface area contributed by atoms with Gasteiger partial charge >= 0.3 is 6.18 Å². The fourth-order valence-corrected chi connectivity index (χ4v) is 2.95. The van der Waals surface area contributed by atoms with Crippen LogP contribution in [-0.4, -0.2) is 35.1 Å². The average molecular weight is 308 g/mol. The summed E-state index contributed by atoms with van der Waals surface area (Å²) in [5.74, 6) is 3.23. The molecule has 1 aliphatic rings. The molecule has 3 N–H and O–H groups in total. The van der Waals surface area contributed by atoms with E-state index >= 15 is 0 Å². The van der Waals surface area contributed by atoms with Gasteiger partial charge in [-0.05, 0) is 19.4 Å². The number of likely N-dealkylation sites (tertiary alicyclic amines) is 1. The van der Waals surface area contributed by atoms with E-state index in [1.807, 2.05) is 5.43 Å². The first-order valence-electron chi connectivity index (χ1n) is 6.14. The van der Waals surface area contributed by atoms with E-state index in [2.05, 4.69) is 4.98 Å². The van der Waals surface area contributed by atoms with Crippen molar-refractivity contribution in [2.75, 3.05) is 13.1 Å². The minimum absolute atomic E-state index is 0.0144. The lowest BCUT2D eigenvalue weighted by Crippen LogP contribution is -2.41. The highest BCUT2D eigenvalue weighted by Gasteiger charge is 2.41. The Balaban J connectivity index is 1.96. The number of thiazole rings is 1. The number of amides is 1. The van der Waals surface area contributed by atoms with Crippen molar-refractivity contribution in [2.24, 2.45) is 11.8 Å². The minimum atomic E-state index is -4.15. The van der Waals surface area contributed by atoms with Gasteiger partial charge in [-0.15, -0.1) is 11.3 Å². The number of halogens is 3. The van der Waals surface area contributed by atoms with Crippen molar-refractivity contribution in [3.8, 4) is 0 Å². The van der Waals surface area contributed by atoms with Crippen LogP contribution in [0, 0.1) is 5.92 Å². The van der Waals surface area contributed by atoms with E-state index in [1.54, 1.807) is 10.3 Å². The fraction of sp³-hybridized carbons (Fsp3) is 0.636. The number of nitrogens with one attached hydrogen (secondary N) is 1. The van der Waals surface area contributed by atoms with Crippen molar-refractivity contribution >= 4 is 17.2 Å². The van der Waals surface area contributed by atoms with E-state index in [0.29, 0.717) is 25.2 Å². The van der Waals surface area contributed by atoms with Gasteiger partial charge in [-0.25, -0.2) is 10.8 Å². The molecule has 112 valence electrons. The third-order valence-electron chi connectivity index (χ3n) is 3.23. The van der Waals surface area contributed by atoms with Crippen molar-refractivity contribution in [1.82, 2.24) is 15.3 Å². The third-order valence-corrected chi connectivity index (χ3v) is 4.12. The first-order chi connectivity index (χ1) is 9.40. The number of rotatable bonds is 3. The van der Waals surface area contributed by atoms with E-state index in [4.69, 9.17) is 5.84 Å². The summed E-state index contributed by atoms with van der Waals surface area (Å²) in [5, 5.41) is 1.88. The molecule has 0 saturated carbocycles. The van der Waals surface area contributed by atoms with Crippen LogP contribution in [0.5, 0.6) is 0 Å². The van der Waals surface area contributed by atoms with Crippen LogP contribution in [-0.2, 0) is 6.54 Å². The number of alkyl halides is 3. The Labute approximate surface area is 117 Å². The Morgan fingerprint density at radius 1 is 1.60 bits per heavy atom. The number of aromatic nitrogens is 1. The van der Waals surface area contributed by atoms with Gasteiger partial charge in [0.25, 0.3) is 5.91 Å². The molecule has 20 heavy (non-hydrogen) atoms. The van der Waals surface area contributed by atoms with Crippen molar-refractivity contribution in [2.45, 2.75) is 25.6 Å². The highest BCUT2D eigenvalue weighted by atomic mass is 32.1. The summed E-state index contributed by atoms with van der Waals surface area (Å²) >= 11 is 1.13. The molecule has 1 saturated heterocycles. The molecule has 0 radical (unpaired) electrons. The summed E-state index contributed by atoms with van der Waals surface area (Å²) in [5.41, 5.74) is 2.57. The van der Waals surface area contributed by atoms with Crippen LogP contribution >= 0.6 is 11.3 Å². The number of nitrogens with two attached hydrogens (primary N) is 1. The highest BCUT2D eigenvalue weighted by molar-refractivity contribution is 7.11. The zero-order valence-corrected chi connectivity index (χ0v) is 11.4. The molecule has 2 rings (SSSR count). The number of carbonyl (C=O) groups excluding carboxylic acids is 1. The minimum Gasteiger partial charge on any atom is -0.297 e. The molecule has 5 nitrogen and oxygen atoms in total. The van der Waals surface area contributed by atoms with Crippen LogP contribution in [0.3, 0.4) is 0 Å². The summed E-state index contributed by atoms with van der Waals surface area (Å²) < 4.78 is 38.1. The topological polar surface area (TPSA) is 71.2 Å². The number of hydrogen-bond donors (Lipinski definition) is 2. The van der Waals surface area contributed by atoms with Crippen LogP contribution in [0.1, 0.15) is 28.3 Å². The van der Waals surface area contributed by atoms with Crippen molar-refractivity contribution in [1.29, 1.82) is 0 Å². The van der Waals surface area contributed by atoms with Crippen molar-refractivity contribution in [3.63, 3.8) is 0 Å². The number of hydrazine groups is 1. The van der Waals surface area contributed by atoms with Crippen molar-refractivity contribution < 1.29 is 18.0 Å². The Kier molecular flexibility index (Phi) is 4.61. The van der Waals surface area contributed by atoms with E-state index in [1.165, 1.54) is 0 Å². The maximum absolute atomic E-state index is 12.7. The summed E-state index contributed by atoms with van der Waals surface area (Å²) in [6.45, 7) is 0.920. The Morgan fingerprint density at radius 3 is 3.00 bits per heavy atom. The van der Waals surface area contributed by atoms with E-state index in [0.717, 1.165) is 11.3 Å². The number of hydrogen-bond acceptors (Lipinski definition) is 5. The molecule has 0 spiro atoms. The molecule has 1 aromatic rings. The summed E-state index contributed by atoms with van der Waals surface area (Å²) in [6.07, 6.45) is -3.45. The van der Waals surface area contributed by atoms with Gasteiger partial charge in [0.15, 0.2) is 5.01 Å². The van der Waals surface area contributed by atoms with Gasteiger partial charge in [0.2, 0.25) is 0 Å². The maximum Gasteiger partial charge on any atom is 0.393 e. The number of piperidine rings is 1. The molecule has 2 heterocycles. The predicted octanol–water partition coefficient (Wildman–Crippen LogP) is 1.52. The van der Waals surface area contributed by atoms with Crippen LogP contribution in [0.2, 0.25) is 0 Å². The van der Waals surface area contributed by atoms with Crippen molar-refractivity contribution in [3.05, 3.63) is 16.1 Å². The summed E-state index contributed by atoms with van der Waals surface area (Å²) in [4.78, 5) is 17.0. The molecule has 1 unspecified atom stereocenters. The fourth-order valence-electron chi connectivity index (χ4n) is 2.24. The van der Waals surface area contributed by atoms with E-state index < -0.39 is 18.0 Å². The molecule has 1 amide bonds. The average Bonchev–Trinajstić information content (AvgIpc) is 2.85. The lowest BCUT2D eigenvalue weighted by atomic mass is 9.97. The summed E-state index contributed by atoms with van der Waals surface area (Å²) in [6, 6.07) is 0. The van der Waals surface area contributed by atoms with Gasteiger partial charge in [0.05, 0.1) is 11.6 Å². The molecular formula is C11H15F3N4OS. The Bertz CT molecular complexity index is 476. The molecule has 1 fully saturated rings. The second kappa shape index (κ2) is 6.06. The molecule has 1 aromatic heterocycles. The predicted molar refractivity (Wildman–Crippen MR) is 67.8 cm³/mol. The van der Waals surface area contributed by atoms with E-state index in [9.17, 15) is 18.0 Å². The van der Waals surface area contributed by atoms with Crippen LogP contribution in [0.15, 0.2) is 5.38 Å². The Hall–Kier alpha value is -1.19. The van der Waals surface area contributed by atoms with Gasteiger partial charge in [0.1, 0.15) is 0 Å². The first-order valence-corrected chi connectivity index (χ1v) is 7.02. The smallest absolute Gasteiger partial charge is 0.297 e. The quantitative estimate of drug-likeness (QED) is 0.504. The second-order valence-corrected chi connectivity index (χ2v) is 5.59. The van der Waals surface area contributed by atoms with Gasteiger partial charge in [-0.1, -0.05) is 0 Å². The zero-order chi connectivity index (χ0) is 14.8. The molecule has 1 atom stereocenters. The lowest BCUT2D eigenvalue weighted by Gasteiger charge is -2.33. The Morgan fingerprint density at radius 2 is 2.35 bits per heavy atom. The SMILES string of the molecule is NNC(=O)c1nc(CN2CCCC(C(F)(F)F)C2)cs1. The largest absolute Gasteiger partial charge is 0.393 e. The van der Waals surface area contributed by atoms with Crippen LogP contribution in [0.4, 0.5) is 13.2 Å². The molecule has 0 aliphatic carbocycles. The van der Waals surface area contributed by atoms with Gasteiger partial charge in [-0.2, -0.15) is 13.2 Å². The standard InChI is InChI=1S/C11H15F3N4OS/c12-11(13,14)7-2-1-3-18(4-7)5-8-6-20-10(16-8)9(19)17-15/h6-7H,1-5,15H2,(H,17,19). The van der Waals surface area contributed by atoms with Crippen LogP contribution in [0.25, 0.3) is 0 Å². The molecule has 9 heteroatoms. The van der Waals surface area contributed by atoms with Gasteiger partial charge in [-0.3, -0.25) is 15.1 Å². The zero-order valence-electron chi connectivity index (χ0n) is 10.6. The van der Waals surface area contributed by atoms with Gasteiger partial charge < -0.3 is 0 Å². The third kappa shape index (κ3) is 3.68. The van der Waals surface area contributed by atoms with E-state index in [-0.39, 0.29) is 18.0 Å². The number of nitrogens with zero attached hydrogens (tertiary/aromatic N) is 2. The first kappa shape index (κ1) is 15.2. The second-order valence-electron chi connectivity index (χ2n) is 4.73. The molecular weight excluding hydrogens is 293 g/mol. The maximum atomic E-state index is 12.7. The molecule has 1 aliphatic heterocycles. The summed E-state index contributed by atoms with van der Waals surface area (Å²) in [7, 11) is 0. The lowest BCUT2D eigenvalue weighted by molar-refractivity contribution is -0.187. The monoisotopic (exact) mass is 308 g/mol.